The quantitative estimate of drug-likeness (QED) is 0.317. The van der Waals surface area contributed by atoms with Gasteiger partial charge in [-0.25, -0.2) is 12.7 Å². The highest BCUT2D eigenvalue weighted by Crippen LogP contribution is 2.19. The third-order valence-electron chi connectivity index (χ3n) is 6.28. The van der Waals surface area contributed by atoms with Crippen LogP contribution >= 0.6 is 11.6 Å². The molecule has 1 atom stereocenters. The zero-order chi connectivity index (χ0) is 28.4. The van der Waals surface area contributed by atoms with Crippen molar-refractivity contribution in [2.24, 2.45) is 0 Å². The number of halogens is 1. The molecule has 0 saturated carbocycles. The molecule has 3 aromatic rings. The third-order valence-corrected chi connectivity index (χ3v) is 8.41. The van der Waals surface area contributed by atoms with Crippen molar-refractivity contribution >= 4 is 33.4 Å². The number of amides is 2. The highest BCUT2D eigenvalue weighted by molar-refractivity contribution is 7.89. The standard InChI is InChI=1S/C30H36ClN3O4S/c1-23(2)32-30(36)28(21-24-11-6-4-7-12-24)34(22-25-16-18-26(31)19-17-25)29(35)15-10-20-33(3)39(37,38)27-13-8-5-9-14-27/h4-9,11-14,16-19,23,28H,10,15,20-22H2,1-3H3,(H,32,36). The number of carbonyl (C=O) groups excluding carboxylic acids is 2. The van der Waals surface area contributed by atoms with Crippen LogP contribution in [-0.2, 0) is 32.6 Å². The Labute approximate surface area is 236 Å². The Balaban J connectivity index is 1.81. The van der Waals surface area contributed by atoms with Crippen molar-refractivity contribution in [3.05, 3.63) is 101 Å². The fraction of sp³-hybridized carbons (Fsp3) is 0.333. The predicted molar refractivity (Wildman–Crippen MR) is 155 cm³/mol. The van der Waals surface area contributed by atoms with Crippen LogP contribution in [0.5, 0.6) is 0 Å². The first kappa shape index (κ1) is 30.3. The van der Waals surface area contributed by atoms with E-state index in [1.165, 1.54) is 11.4 Å². The lowest BCUT2D eigenvalue weighted by Crippen LogP contribution is -2.51. The molecule has 1 N–H and O–H groups in total. The van der Waals surface area contributed by atoms with Gasteiger partial charge in [-0.15, -0.1) is 0 Å². The van der Waals surface area contributed by atoms with E-state index in [1.54, 1.807) is 47.4 Å². The first-order chi connectivity index (χ1) is 18.6. The topological polar surface area (TPSA) is 86.8 Å². The predicted octanol–water partition coefficient (Wildman–Crippen LogP) is 4.91. The van der Waals surface area contributed by atoms with E-state index in [9.17, 15) is 18.0 Å². The van der Waals surface area contributed by atoms with Crippen LogP contribution < -0.4 is 5.32 Å². The average Bonchev–Trinajstić information content (AvgIpc) is 2.92. The molecule has 0 aromatic heterocycles. The Kier molecular flexibility index (Phi) is 11.1. The molecule has 9 heteroatoms. The normalized spacial score (nSPS) is 12.4. The Hall–Kier alpha value is -3.20. The van der Waals surface area contributed by atoms with Gasteiger partial charge in [-0.2, -0.15) is 0 Å². The summed E-state index contributed by atoms with van der Waals surface area (Å²) in [5.74, 6) is -0.463. The number of sulfonamides is 1. The Morgan fingerprint density at radius 2 is 1.46 bits per heavy atom. The molecule has 1 unspecified atom stereocenters. The summed E-state index contributed by atoms with van der Waals surface area (Å²) in [5, 5.41) is 3.55. The van der Waals surface area contributed by atoms with Crippen LogP contribution in [0.3, 0.4) is 0 Å². The van der Waals surface area contributed by atoms with E-state index < -0.39 is 16.1 Å². The Bertz CT molecular complexity index is 1320. The van der Waals surface area contributed by atoms with Gasteiger partial charge in [0, 0.05) is 44.0 Å². The molecular weight excluding hydrogens is 534 g/mol. The van der Waals surface area contributed by atoms with Crippen molar-refractivity contribution < 1.29 is 18.0 Å². The van der Waals surface area contributed by atoms with Crippen LogP contribution in [0.1, 0.15) is 37.8 Å². The molecule has 0 spiro atoms. The van der Waals surface area contributed by atoms with E-state index in [0.29, 0.717) is 17.9 Å². The van der Waals surface area contributed by atoms with Crippen LogP contribution in [0.2, 0.25) is 5.02 Å². The van der Waals surface area contributed by atoms with E-state index in [1.807, 2.05) is 56.3 Å². The number of nitrogens with zero attached hydrogens (tertiary/aromatic N) is 2. The molecule has 2 amide bonds. The van der Waals surface area contributed by atoms with E-state index in [4.69, 9.17) is 11.6 Å². The van der Waals surface area contributed by atoms with Crippen molar-refractivity contribution in [2.75, 3.05) is 13.6 Å². The molecule has 0 heterocycles. The van der Waals surface area contributed by atoms with E-state index in [-0.39, 0.29) is 42.3 Å². The van der Waals surface area contributed by atoms with Gasteiger partial charge in [-0.05, 0) is 55.7 Å². The zero-order valence-electron chi connectivity index (χ0n) is 22.6. The van der Waals surface area contributed by atoms with Crippen molar-refractivity contribution in [3.8, 4) is 0 Å². The van der Waals surface area contributed by atoms with Gasteiger partial charge >= 0.3 is 0 Å². The smallest absolute Gasteiger partial charge is 0.243 e. The summed E-state index contributed by atoms with van der Waals surface area (Å²) in [6.07, 6.45) is 0.742. The third kappa shape index (κ3) is 8.92. The van der Waals surface area contributed by atoms with Gasteiger partial charge in [0.05, 0.1) is 4.90 Å². The number of carbonyl (C=O) groups is 2. The lowest BCUT2D eigenvalue weighted by atomic mass is 10.0. The molecule has 7 nitrogen and oxygen atoms in total. The van der Waals surface area contributed by atoms with Gasteiger partial charge < -0.3 is 10.2 Å². The Morgan fingerprint density at radius 1 is 0.872 bits per heavy atom. The summed E-state index contributed by atoms with van der Waals surface area (Å²) in [5.41, 5.74) is 1.77. The fourth-order valence-electron chi connectivity index (χ4n) is 4.21. The van der Waals surface area contributed by atoms with Gasteiger partial charge in [0.15, 0.2) is 0 Å². The lowest BCUT2D eigenvalue weighted by molar-refractivity contribution is -0.141. The van der Waals surface area contributed by atoms with Crippen molar-refractivity contribution in [1.82, 2.24) is 14.5 Å². The summed E-state index contributed by atoms with van der Waals surface area (Å²) < 4.78 is 27.0. The Morgan fingerprint density at radius 3 is 2.05 bits per heavy atom. The number of hydrogen-bond acceptors (Lipinski definition) is 4. The van der Waals surface area contributed by atoms with Gasteiger partial charge in [0.2, 0.25) is 21.8 Å². The van der Waals surface area contributed by atoms with Crippen molar-refractivity contribution in [2.45, 2.75) is 56.6 Å². The van der Waals surface area contributed by atoms with Crippen LogP contribution in [0.25, 0.3) is 0 Å². The second-order valence-electron chi connectivity index (χ2n) is 9.76. The molecule has 0 aliphatic carbocycles. The lowest BCUT2D eigenvalue weighted by Gasteiger charge is -2.32. The fourth-order valence-corrected chi connectivity index (χ4v) is 5.57. The molecule has 0 fully saturated rings. The average molecular weight is 570 g/mol. The zero-order valence-corrected chi connectivity index (χ0v) is 24.2. The van der Waals surface area contributed by atoms with Gasteiger partial charge in [0.25, 0.3) is 0 Å². The van der Waals surface area contributed by atoms with Crippen LogP contribution in [0, 0.1) is 0 Å². The maximum atomic E-state index is 13.7. The first-order valence-corrected chi connectivity index (χ1v) is 14.8. The maximum Gasteiger partial charge on any atom is 0.243 e. The van der Waals surface area contributed by atoms with Crippen LogP contribution in [-0.4, -0.2) is 55.1 Å². The van der Waals surface area contributed by atoms with Crippen LogP contribution in [0.4, 0.5) is 0 Å². The summed E-state index contributed by atoms with van der Waals surface area (Å²) in [7, 11) is -2.16. The summed E-state index contributed by atoms with van der Waals surface area (Å²) in [6.45, 7) is 4.15. The molecular formula is C30H36ClN3O4S. The minimum absolute atomic E-state index is 0.0858. The monoisotopic (exact) mass is 569 g/mol. The number of benzene rings is 3. The second kappa shape index (κ2) is 14.3. The van der Waals surface area contributed by atoms with Crippen LogP contribution in [0.15, 0.2) is 89.8 Å². The second-order valence-corrected chi connectivity index (χ2v) is 12.2. The number of nitrogens with one attached hydrogen (secondary N) is 1. The van der Waals surface area contributed by atoms with Gasteiger partial charge in [0.1, 0.15) is 6.04 Å². The maximum absolute atomic E-state index is 13.7. The summed E-state index contributed by atoms with van der Waals surface area (Å²) in [6, 6.07) is 24.1. The largest absolute Gasteiger partial charge is 0.352 e. The molecule has 39 heavy (non-hydrogen) atoms. The SMILES string of the molecule is CC(C)NC(=O)C(Cc1ccccc1)N(Cc1ccc(Cl)cc1)C(=O)CCCN(C)S(=O)(=O)c1ccccc1. The highest BCUT2D eigenvalue weighted by atomic mass is 35.5. The molecule has 208 valence electrons. The molecule has 3 aromatic carbocycles. The minimum Gasteiger partial charge on any atom is -0.352 e. The molecule has 0 radical (unpaired) electrons. The van der Waals surface area contributed by atoms with E-state index in [0.717, 1.165) is 11.1 Å². The number of hydrogen-bond donors (Lipinski definition) is 1. The molecule has 0 aliphatic rings. The van der Waals surface area contributed by atoms with E-state index in [2.05, 4.69) is 5.32 Å². The summed E-state index contributed by atoms with van der Waals surface area (Å²) >= 11 is 6.07. The van der Waals surface area contributed by atoms with Crippen molar-refractivity contribution in [1.29, 1.82) is 0 Å². The molecule has 0 aliphatic heterocycles. The summed E-state index contributed by atoms with van der Waals surface area (Å²) in [4.78, 5) is 28.9. The van der Waals surface area contributed by atoms with Crippen molar-refractivity contribution in [3.63, 3.8) is 0 Å². The first-order valence-electron chi connectivity index (χ1n) is 13.0. The molecule has 0 saturated heterocycles. The van der Waals surface area contributed by atoms with Gasteiger partial charge in [-0.1, -0.05) is 72.3 Å². The van der Waals surface area contributed by atoms with Gasteiger partial charge in [-0.3, -0.25) is 9.59 Å². The minimum atomic E-state index is -3.66. The molecule has 3 rings (SSSR count). The van der Waals surface area contributed by atoms with E-state index >= 15 is 0 Å². The highest BCUT2D eigenvalue weighted by Gasteiger charge is 2.31. The molecule has 0 bridgehead atoms. The number of rotatable bonds is 13.